The van der Waals surface area contributed by atoms with Crippen molar-refractivity contribution in [1.29, 1.82) is 0 Å². The van der Waals surface area contributed by atoms with E-state index in [4.69, 9.17) is 5.73 Å². The monoisotopic (exact) mass is 342 g/mol. The first-order valence-corrected chi connectivity index (χ1v) is 8.57. The van der Waals surface area contributed by atoms with Crippen LogP contribution >= 0.6 is 0 Å². The first-order chi connectivity index (χ1) is 12.7. The normalized spacial score (nSPS) is 12.2. The fourth-order valence-electron chi connectivity index (χ4n) is 2.62. The molecule has 3 rings (SSSR count). The Bertz CT molecular complexity index is 972. The molecule has 0 saturated carbocycles. The fourth-order valence-corrected chi connectivity index (χ4v) is 2.62. The maximum Gasteiger partial charge on any atom is 0.131 e. The van der Waals surface area contributed by atoms with E-state index in [1.807, 2.05) is 60.7 Å². The molecule has 0 aliphatic rings. The van der Waals surface area contributed by atoms with E-state index >= 15 is 0 Å². The van der Waals surface area contributed by atoms with Crippen LogP contribution in [0.5, 0.6) is 0 Å². The number of hydrogen-bond donors (Lipinski definition) is 2. The van der Waals surface area contributed by atoms with Gasteiger partial charge in [-0.05, 0) is 41.8 Å². The Balaban J connectivity index is 1.85. The second-order valence-electron chi connectivity index (χ2n) is 5.91. The number of allylic oxidation sites excluding steroid dienone is 3. The van der Waals surface area contributed by atoms with Gasteiger partial charge in [-0.3, -0.25) is 4.98 Å². The third-order valence-corrected chi connectivity index (χ3v) is 3.95. The van der Waals surface area contributed by atoms with Gasteiger partial charge in [-0.1, -0.05) is 49.9 Å². The largest absolute Gasteiger partial charge is 0.397 e. The second-order valence-corrected chi connectivity index (χ2v) is 5.91. The Labute approximate surface area is 153 Å². The minimum atomic E-state index is 0.619. The number of hydrogen-bond acceptors (Lipinski definition) is 4. The van der Waals surface area contributed by atoms with Gasteiger partial charge >= 0.3 is 0 Å². The third-order valence-electron chi connectivity index (χ3n) is 3.95. The number of anilines is 1. The molecular formula is C22H22N4. The Morgan fingerprint density at radius 3 is 2.73 bits per heavy atom. The van der Waals surface area contributed by atoms with Gasteiger partial charge in [0.25, 0.3) is 0 Å². The van der Waals surface area contributed by atoms with Gasteiger partial charge < -0.3 is 11.1 Å². The standard InChI is InChI=1S/C22H22N4/c1-3-7-20(19(23)14-16(2)17-8-5-4-6-9-17)25-22-11-10-18-12-13-24-15-21(18)26-22/h4-15H,2-3,23H2,1H3,(H,25,26)/b19-14-,20-7-. The first kappa shape index (κ1) is 17.4. The van der Waals surface area contributed by atoms with Crippen LogP contribution < -0.4 is 11.1 Å². The van der Waals surface area contributed by atoms with Crippen molar-refractivity contribution in [2.45, 2.75) is 13.3 Å². The quantitative estimate of drug-likeness (QED) is 0.626. The number of nitrogens with zero attached hydrogens (tertiary/aromatic N) is 2. The summed E-state index contributed by atoms with van der Waals surface area (Å²) in [6.07, 6.45) is 8.28. The van der Waals surface area contributed by atoms with E-state index in [-0.39, 0.29) is 0 Å². The average molecular weight is 342 g/mol. The molecule has 0 radical (unpaired) electrons. The molecular weight excluding hydrogens is 320 g/mol. The van der Waals surface area contributed by atoms with Gasteiger partial charge in [0.2, 0.25) is 0 Å². The van der Waals surface area contributed by atoms with Crippen LogP contribution in [0.25, 0.3) is 16.5 Å². The SMILES string of the molecule is C=C(/C=C(N)/C(=C/CC)Nc1ccc2ccncc2n1)c1ccccc1. The van der Waals surface area contributed by atoms with Crippen LogP contribution in [0.3, 0.4) is 0 Å². The highest BCUT2D eigenvalue weighted by atomic mass is 15.0. The average Bonchev–Trinajstić information content (AvgIpc) is 2.68. The molecule has 4 nitrogen and oxygen atoms in total. The van der Waals surface area contributed by atoms with E-state index in [1.165, 1.54) is 0 Å². The molecule has 3 aromatic rings. The van der Waals surface area contributed by atoms with Crippen molar-refractivity contribution in [2.24, 2.45) is 5.73 Å². The van der Waals surface area contributed by atoms with Crippen LogP contribution in [0.1, 0.15) is 18.9 Å². The predicted molar refractivity (Wildman–Crippen MR) is 109 cm³/mol. The van der Waals surface area contributed by atoms with E-state index in [0.717, 1.165) is 40.0 Å². The summed E-state index contributed by atoms with van der Waals surface area (Å²) < 4.78 is 0. The van der Waals surface area contributed by atoms with Crippen LogP contribution in [-0.4, -0.2) is 9.97 Å². The number of fused-ring (bicyclic) bond motifs is 1. The molecule has 0 atom stereocenters. The molecule has 1 aromatic carbocycles. The number of nitrogens with two attached hydrogens (primary N) is 1. The molecule has 0 bridgehead atoms. The lowest BCUT2D eigenvalue weighted by Crippen LogP contribution is -2.11. The van der Waals surface area contributed by atoms with Crippen molar-refractivity contribution >= 4 is 22.3 Å². The Morgan fingerprint density at radius 2 is 1.96 bits per heavy atom. The van der Waals surface area contributed by atoms with Gasteiger partial charge in [0.05, 0.1) is 23.1 Å². The first-order valence-electron chi connectivity index (χ1n) is 8.57. The molecule has 0 saturated heterocycles. The molecule has 26 heavy (non-hydrogen) atoms. The third kappa shape index (κ3) is 4.16. The van der Waals surface area contributed by atoms with E-state index in [2.05, 4.69) is 28.8 Å². The highest BCUT2D eigenvalue weighted by Gasteiger charge is 2.05. The van der Waals surface area contributed by atoms with Crippen LogP contribution in [-0.2, 0) is 0 Å². The maximum absolute atomic E-state index is 6.33. The number of aromatic nitrogens is 2. The summed E-state index contributed by atoms with van der Waals surface area (Å²) in [6, 6.07) is 15.9. The summed E-state index contributed by atoms with van der Waals surface area (Å²) in [5.41, 5.74) is 10.5. The maximum atomic E-state index is 6.33. The lowest BCUT2D eigenvalue weighted by Gasteiger charge is -2.12. The molecule has 2 heterocycles. The summed E-state index contributed by atoms with van der Waals surface area (Å²) in [7, 11) is 0. The van der Waals surface area contributed by atoms with E-state index in [9.17, 15) is 0 Å². The van der Waals surface area contributed by atoms with Gasteiger partial charge in [-0.15, -0.1) is 0 Å². The van der Waals surface area contributed by atoms with Crippen LogP contribution in [0.15, 0.2) is 91.0 Å². The zero-order valence-electron chi connectivity index (χ0n) is 14.8. The molecule has 0 aliphatic heterocycles. The highest BCUT2D eigenvalue weighted by Crippen LogP contribution is 2.19. The highest BCUT2D eigenvalue weighted by molar-refractivity contribution is 5.79. The second kappa shape index (κ2) is 8.12. The number of nitrogens with one attached hydrogen (secondary N) is 1. The molecule has 0 spiro atoms. The van der Waals surface area contributed by atoms with E-state index < -0.39 is 0 Å². The Morgan fingerprint density at radius 1 is 1.15 bits per heavy atom. The topological polar surface area (TPSA) is 63.8 Å². The molecule has 0 fully saturated rings. The van der Waals surface area contributed by atoms with E-state index in [0.29, 0.717) is 5.70 Å². The molecule has 0 unspecified atom stereocenters. The summed E-state index contributed by atoms with van der Waals surface area (Å²) in [5.74, 6) is 0.729. The van der Waals surface area contributed by atoms with Crippen LogP contribution in [0.2, 0.25) is 0 Å². The molecule has 4 heteroatoms. The van der Waals surface area contributed by atoms with Crippen LogP contribution in [0.4, 0.5) is 5.82 Å². The number of rotatable bonds is 6. The number of benzene rings is 1. The Kier molecular flexibility index (Phi) is 5.44. The molecule has 0 aliphatic carbocycles. The lowest BCUT2D eigenvalue weighted by atomic mass is 10.1. The number of pyridine rings is 2. The van der Waals surface area contributed by atoms with Crippen molar-refractivity contribution in [1.82, 2.24) is 9.97 Å². The van der Waals surface area contributed by atoms with Crippen molar-refractivity contribution in [3.05, 3.63) is 96.6 Å². The van der Waals surface area contributed by atoms with Crippen molar-refractivity contribution in [3.8, 4) is 0 Å². The minimum absolute atomic E-state index is 0.619. The zero-order valence-corrected chi connectivity index (χ0v) is 14.8. The van der Waals surface area contributed by atoms with E-state index in [1.54, 1.807) is 12.4 Å². The van der Waals surface area contributed by atoms with Crippen LogP contribution in [0, 0.1) is 0 Å². The summed E-state index contributed by atoms with van der Waals surface area (Å²) in [4.78, 5) is 8.72. The molecule has 3 N–H and O–H groups in total. The zero-order chi connectivity index (χ0) is 18.4. The van der Waals surface area contributed by atoms with Gasteiger partial charge in [-0.2, -0.15) is 0 Å². The summed E-state index contributed by atoms with van der Waals surface area (Å²) in [5, 5.41) is 4.37. The van der Waals surface area contributed by atoms with Gasteiger partial charge in [0, 0.05) is 11.6 Å². The van der Waals surface area contributed by atoms with Crippen molar-refractivity contribution in [3.63, 3.8) is 0 Å². The van der Waals surface area contributed by atoms with Gasteiger partial charge in [-0.25, -0.2) is 4.98 Å². The van der Waals surface area contributed by atoms with Crippen molar-refractivity contribution < 1.29 is 0 Å². The predicted octanol–water partition coefficient (Wildman–Crippen LogP) is 4.89. The minimum Gasteiger partial charge on any atom is -0.397 e. The van der Waals surface area contributed by atoms with Gasteiger partial charge in [0.15, 0.2) is 0 Å². The lowest BCUT2D eigenvalue weighted by molar-refractivity contribution is 1.16. The molecule has 2 aromatic heterocycles. The smallest absolute Gasteiger partial charge is 0.131 e. The van der Waals surface area contributed by atoms with Crippen molar-refractivity contribution in [2.75, 3.05) is 5.32 Å². The molecule has 130 valence electrons. The Hall–Kier alpha value is -3.40. The molecule has 0 amide bonds. The fraction of sp³-hybridized carbons (Fsp3) is 0.0909. The summed E-state index contributed by atoms with van der Waals surface area (Å²) >= 11 is 0. The summed E-state index contributed by atoms with van der Waals surface area (Å²) in [6.45, 7) is 6.19. The van der Waals surface area contributed by atoms with Gasteiger partial charge in [0.1, 0.15) is 5.82 Å².